The number of hydrogen-bond acceptors (Lipinski definition) is 4. The molecule has 0 aliphatic carbocycles. The number of anilines is 1. The van der Waals surface area contributed by atoms with Crippen LogP contribution in [0.1, 0.15) is 30.4 Å². The topological polar surface area (TPSA) is 52.3 Å². The summed E-state index contributed by atoms with van der Waals surface area (Å²) < 4.78 is 19.3. The SMILES string of the molecule is CC(C)(C)OC(=O)c1sc(-c2ccc(F)cc2I)cc1N. The Morgan fingerprint density at radius 2 is 2.00 bits per heavy atom. The molecule has 0 fully saturated rings. The Labute approximate surface area is 140 Å². The van der Waals surface area contributed by atoms with Gasteiger partial charge in [-0.3, -0.25) is 0 Å². The summed E-state index contributed by atoms with van der Waals surface area (Å²) in [6.45, 7) is 5.41. The summed E-state index contributed by atoms with van der Waals surface area (Å²) in [5.74, 6) is -0.728. The van der Waals surface area contributed by atoms with Crippen molar-refractivity contribution in [2.45, 2.75) is 26.4 Å². The zero-order chi connectivity index (χ0) is 15.8. The van der Waals surface area contributed by atoms with Gasteiger partial charge in [-0.2, -0.15) is 0 Å². The molecule has 0 saturated carbocycles. The molecule has 0 unspecified atom stereocenters. The van der Waals surface area contributed by atoms with Gasteiger partial charge in [0.25, 0.3) is 0 Å². The number of esters is 1. The van der Waals surface area contributed by atoms with E-state index in [2.05, 4.69) is 22.6 Å². The van der Waals surface area contributed by atoms with Crippen LogP contribution in [0.5, 0.6) is 0 Å². The average Bonchev–Trinajstić information content (AvgIpc) is 2.68. The van der Waals surface area contributed by atoms with Crippen molar-refractivity contribution in [2.75, 3.05) is 5.73 Å². The molecule has 0 aliphatic rings. The predicted molar refractivity (Wildman–Crippen MR) is 92.0 cm³/mol. The maximum absolute atomic E-state index is 13.2. The highest BCUT2D eigenvalue weighted by atomic mass is 127. The number of nitrogen functional groups attached to an aromatic ring is 1. The quantitative estimate of drug-likeness (QED) is 0.568. The number of ether oxygens (including phenoxy) is 1. The van der Waals surface area contributed by atoms with Crippen molar-refractivity contribution in [3.63, 3.8) is 0 Å². The molecule has 0 saturated heterocycles. The molecule has 0 radical (unpaired) electrons. The third-order valence-corrected chi connectivity index (χ3v) is 4.60. The van der Waals surface area contributed by atoms with E-state index < -0.39 is 11.6 Å². The summed E-state index contributed by atoms with van der Waals surface area (Å²) in [7, 11) is 0. The van der Waals surface area contributed by atoms with Crippen LogP contribution < -0.4 is 5.73 Å². The standard InChI is InChI=1S/C15H15FINO2S/c1-15(2,3)20-14(19)13-11(18)7-12(21-13)9-5-4-8(16)6-10(9)17/h4-7H,18H2,1-3H3. The molecule has 0 amide bonds. The monoisotopic (exact) mass is 419 g/mol. The maximum Gasteiger partial charge on any atom is 0.350 e. The fourth-order valence-electron chi connectivity index (χ4n) is 1.71. The summed E-state index contributed by atoms with van der Waals surface area (Å²) in [4.78, 5) is 13.3. The Hall–Kier alpha value is -1.15. The molecule has 0 aliphatic heterocycles. The van der Waals surface area contributed by atoms with E-state index in [0.29, 0.717) is 10.6 Å². The van der Waals surface area contributed by atoms with Crippen molar-refractivity contribution < 1.29 is 13.9 Å². The summed E-state index contributed by atoms with van der Waals surface area (Å²) in [6.07, 6.45) is 0. The van der Waals surface area contributed by atoms with E-state index >= 15 is 0 Å². The van der Waals surface area contributed by atoms with Crippen LogP contribution in [0.3, 0.4) is 0 Å². The second kappa shape index (κ2) is 5.92. The number of nitrogens with two attached hydrogens (primary N) is 1. The first kappa shape index (κ1) is 16.2. The highest BCUT2D eigenvalue weighted by Gasteiger charge is 2.22. The molecule has 112 valence electrons. The van der Waals surface area contributed by atoms with E-state index in [9.17, 15) is 9.18 Å². The smallest absolute Gasteiger partial charge is 0.350 e. The van der Waals surface area contributed by atoms with Crippen molar-refractivity contribution in [1.29, 1.82) is 0 Å². The number of carbonyl (C=O) groups is 1. The Bertz CT molecular complexity index is 691. The molecule has 6 heteroatoms. The number of rotatable bonds is 2. The molecule has 2 rings (SSSR count). The molecule has 2 aromatic rings. The molecular formula is C15H15FINO2S. The van der Waals surface area contributed by atoms with Crippen LogP contribution in [0.2, 0.25) is 0 Å². The van der Waals surface area contributed by atoms with E-state index in [-0.39, 0.29) is 5.82 Å². The Balaban J connectivity index is 2.37. The lowest BCUT2D eigenvalue weighted by Gasteiger charge is -2.18. The number of benzene rings is 1. The van der Waals surface area contributed by atoms with E-state index in [1.165, 1.54) is 23.5 Å². The molecule has 2 N–H and O–H groups in total. The average molecular weight is 419 g/mol. The van der Waals surface area contributed by atoms with Crippen molar-refractivity contribution in [3.8, 4) is 10.4 Å². The third kappa shape index (κ3) is 3.94. The fourth-order valence-corrected chi connectivity index (χ4v) is 3.66. The van der Waals surface area contributed by atoms with E-state index in [1.807, 2.05) is 0 Å². The first-order valence-corrected chi connectivity index (χ1v) is 8.15. The fraction of sp³-hybridized carbons (Fsp3) is 0.267. The highest BCUT2D eigenvalue weighted by Crippen LogP contribution is 2.36. The normalized spacial score (nSPS) is 11.5. The van der Waals surface area contributed by atoms with Gasteiger partial charge in [-0.1, -0.05) is 0 Å². The minimum absolute atomic E-state index is 0.292. The number of hydrogen-bond donors (Lipinski definition) is 1. The lowest BCUT2D eigenvalue weighted by molar-refractivity contribution is 0.00764. The Kier molecular flexibility index (Phi) is 4.57. The molecule has 1 aromatic heterocycles. The summed E-state index contributed by atoms with van der Waals surface area (Å²) >= 11 is 3.31. The highest BCUT2D eigenvalue weighted by molar-refractivity contribution is 14.1. The largest absolute Gasteiger partial charge is 0.456 e. The van der Waals surface area contributed by atoms with Gasteiger partial charge in [0.1, 0.15) is 16.3 Å². The predicted octanol–water partition coefficient (Wildman–Crippen LogP) is 4.70. The molecule has 0 spiro atoms. The van der Waals surface area contributed by atoms with Gasteiger partial charge < -0.3 is 10.5 Å². The van der Waals surface area contributed by atoms with Crippen molar-refractivity contribution in [2.24, 2.45) is 0 Å². The van der Waals surface area contributed by atoms with Crippen LogP contribution in [-0.2, 0) is 4.74 Å². The Morgan fingerprint density at radius 3 is 2.57 bits per heavy atom. The molecule has 0 atom stereocenters. The molecule has 0 bridgehead atoms. The molecular weight excluding hydrogens is 404 g/mol. The van der Waals surface area contributed by atoms with Crippen LogP contribution in [0, 0.1) is 9.39 Å². The van der Waals surface area contributed by atoms with Gasteiger partial charge in [0.2, 0.25) is 0 Å². The molecule has 1 heterocycles. The number of carbonyl (C=O) groups excluding carboxylic acids is 1. The maximum atomic E-state index is 13.2. The van der Waals surface area contributed by atoms with Crippen LogP contribution >= 0.6 is 33.9 Å². The summed E-state index contributed by atoms with van der Waals surface area (Å²) in [6, 6.07) is 6.24. The van der Waals surface area contributed by atoms with Crippen LogP contribution in [0.15, 0.2) is 24.3 Å². The molecule has 1 aromatic carbocycles. The summed E-state index contributed by atoms with van der Waals surface area (Å²) in [5, 5.41) is 0. The van der Waals surface area contributed by atoms with E-state index in [0.717, 1.165) is 14.0 Å². The lowest BCUT2D eigenvalue weighted by Crippen LogP contribution is -2.23. The lowest BCUT2D eigenvalue weighted by atomic mass is 10.2. The third-order valence-electron chi connectivity index (χ3n) is 2.54. The van der Waals surface area contributed by atoms with Gasteiger partial charge in [0.05, 0.1) is 5.69 Å². The van der Waals surface area contributed by atoms with Crippen molar-refractivity contribution >= 4 is 45.6 Å². The van der Waals surface area contributed by atoms with Gasteiger partial charge in [0.15, 0.2) is 0 Å². The van der Waals surface area contributed by atoms with Crippen molar-refractivity contribution in [3.05, 3.63) is 38.5 Å². The first-order valence-electron chi connectivity index (χ1n) is 6.25. The van der Waals surface area contributed by atoms with E-state index in [4.69, 9.17) is 10.5 Å². The summed E-state index contributed by atoms with van der Waals surface area (Å²) in [5.41, 5.74) is 6.57. The molecule has 3 nitrogen and oxygen atoms in total. The van der Waals surface area contributed by atoms with Crippen molar-refractivity contribution in [1.82, 2.24) is 0 Å². The Morgan fingerprint density at radius 1 is 1.33 bits per heavy atom. The van der Waals surface area contributed by atoms with Gasteiger partial charge >= 0.3 is 5.97 Å². The van der Waals surface area contributed by atoms with E-state index in [1.54, 1.807) is 32.9 Å². The van der Waals surface area contributed by atoms with Gasteiger partial charge in [-0.15, -0.1) is 11.3 Å². The first-order chi connectivity index (χ1) is 9.67. The number of thiophene rings is 1. The number of halogens is 2. The minimum atomic E-state index is -0.571. The van der Waals surface area contributed by atoms with Gasteiger partial charge in [-0.05, 0) is 67.6 Å². The zero-order valence-electron chi connectivity index (χ0n) is 11.9. The second-order valence-corrected chi connectivity index (χ2v) is 7.74. The molecule has 21 heavy (non-hydrogen) atoms. The van der Waals surface area contributed by atoms with Crippen LogP contribution in [0.4, 0.5) is 10.1 Å². The van der Waals surface area contributed by atoms with Crippen LogP contribution in [0.25, 0.3) is 10.4 Å². The van der Waals surface area contributed by atoms with Crippen LogP contribution in [-0.4, -0.2) is 11.6 Å². The second-order valence-electron chi connectivity index (χ2n) is 5.52. The zero-order valence-corrected chi connectivity index (χ0v) is 14.8. The van der Waals surface area contributed by atoms with Gasteiger partial charge in [0, 0.05) is 14.0 Å². The van der Waals surface area contributed by atoms with Gasteiger partial charge in [-0.25, -0.2) is 9.18 Å². The minimum Gasteiger partial charge on any atom is -0.456 e.